The topological polar surface area (TPSA) is 50.5 Å². The minimum atomic E-state index is -0.0637. The van der Waals surface area contributed by atoms with Crippen LogP contribution in [-0.2, 0) is 9.59 Å². The fourth-order valence-corrected chi connectivity index (χ4v) is 2.78. The zero-order chi connectivity index (χ0) is 14.7. The first-order valence-electron chi connectivity index (χ1n) is 7.17. The van der Waals surface area contributed by atoms with E-state index in [4.69, 9.17) is 4.42 Å². The molecule has 21 heavy (non-hydrogen) atoms. The van der Waals surface area contributed by atoms with Crippen LogP contribution >= 0.6 is 0 Å². The zero-order valence-electron chi connectivity index (χ0n) is 11.7. The van der Waals surface area contributed by atoms with E-state index < -0.39 is 0 Å². The van der Waals surface area contributed by atoms with Gasteiger partial charge in [-0.3, -0.25) is 14.5 Å². The second-order valence-electron chi connectivity index (χ2n) is 5.21. The van der Waals surface area contributed by atoms with E-state index in [1.807, 2.05) is 42.5 Å². The van der Waals surface area contributed by atoms with E-state index in [-0.39, 0.29) is 17.7 Å². The summed E-state index contributed by atoms with van der Waals surface area (Å²) in [5.41, 5.74) is 1.13. The van der Waals surface area contributed by atoms with E-state index in [0.717, 1.165) is 11.3 Å². The van der Waals surface area contributed by atoms with Crippen molar-refractivity contribution in [1.29, 1.82) is 0 Å². The summed E-state index contributed by atoms with van der Waals surface area (Å²) in [5, 5.41) is 0. The first-order valence-corrected chi connectivity index (χ1v) is 7.17. The molecule has 1 aromatic heterocycles. The Morgan fingerprint density at radius 1 is 1.00 bits per heavy atom. The van der Waals surface area contributed by atoms with Gasteiger partial charge in [0.2, 0.25) is 11.8 Å². The van der Waals surface area contributed by atoms with Crippen LogP contribution in [0.15, 0.2) is 53.1 Å². The lowest BCUT2D eigenvalue weighted by Crippen LogP contribution is -2.31. The standard InChI is InChI=1S/C17H17NO3/c19-16-8-9-17(20)18(16)11-10-14(15-7-4-12-21-15)13-5-2-1-3-6-13/h1-7,12,14H,8-11H2/t14-/m1/s1. The maximum atomic E-state index is 11.7. The van der Waals surface area contributed by atoms with Crippen LogP contribution in [0.25, 0.3) is 0 Å². The molecular formula is C17H17NO3. The molecule has 2 amide bonds. The molecule has 1 aliphatic rings. The van der Waals surface area contributed by atoms with Gasteiger partial charge in [-0.1, -0.05) is 30.3 Å². The predicted molar refractivity (Wildman–Crippen MR) is 77.6 cm³/mol. The summed E-state index contributed by atoms with van der Waals surface area (Å²) >= 11 is 0. The number of rotatable bonds is 5. The molecule has 0 radical (unpaired) electrons. The molecule has 108 valence electrons. The minimum absolute atomic E-state index is 0.0578. The Labute approximate surface area is 123 Å². The molecule has 1 saturated heterocycles. The van der Waals surface area contributed by atoms with Crippen LogP contribution in [0.4, 0.5) is 0 Å². The van der Waals surface area contributed by atoms with E-state index in [2.05, 4.69) is 0 Å². The molecule has 4 nitrogen and oxygen atoms in total. The van der Waals surface area contributed by atoms with Gasteiger partial charge in [-0.25, -0.2) is 0 Å². The van der Waals surface area contributed by atoms with Crippen LogP contribution in [0.5, 0.6) is 0 Å². The molecule has 1 atom stereocenters. The number of nitrogens with zero attached hydrogens (tertiary/aromatic N) is 1. The van der Waals surface area contributed by atoms with Crippen molar-refractivity contribution in [1.82, 2.24) is 4.90 Å². The lowest BCUT2D eigenvalue weighted by Gasteiger charge is -2.19. The van der Waals surface area contributed by atoms with Crippen LogP contribution in [-0.4, -0.2) is 23.3 Å². The third-order valence-electron chi connectivity index (χ3n) is 3.88. The highest BCUT2D eigenvalue weighted by molar-refractivity contribution is 6.01. The van der Waals surface area contributed by atoms with Crippen LogP contribution in [0.1, 0.15) is 36.5 Å². The maximum absolute atomic E-state index is 11.7. The van der Waals surface area contributed by atoms with Gasteiger partial charge in [0.25, 0.3) is 0 Å². The Bertz CT molecular complexity index is 603. The summed E-state index contributed by atoms with van der Waals surface area (Å²) in [6.45, 7) is 0.442. The molecule has 0 bridgehead atoms. The zero-order valence-corrected chi connectivity index (χ0v) is 11.7. The van der Waals surface area contributed by atoms with Crippen molar-refractivity contribution in [2.24, 2.45) is 0 Å². The van der Waals surface area contributed by atoms with Gasteiger partial charge in [-0.05, 0) is 24.1 Å². The van der Waals surface area contributed by atoms with Crippen LogP contribution < -0.4 is 0 Å². The van der Waals surface area contributed by atoms with Gasteiger partial charge in [-0.15, -0.1) is 0 Å². The van der Waals surface area contributed by atoms with Gasteiger partial charge in [0, 0.05) is 25.3 Å². The predicted octanol–water partition coefficient (Wildman–Crippen LogP) is 2.95. The van der Waals surface area contributed by atoms with E-state index in [1.165, 1.54) is 4.90 Å². The highest BCUT2D eigenvalue weighted by atomic mass is 16.3. The lowest BCUT2D eigenvalue weighted by molar-refractivity contribution is -0.138. The highest BCUT2D eigenvalue weighted by Crippen LogP contribution is 2.29. The summed E-state index contributed by atoms with van der Waals surface area (Å²) in [4.78, 5) is 24.8. The molecule has 3 rings (SSSR count). The quantitative estimate of drug-likeness (QED) is 0.793. The molecule has 0 spiro atoms. The first kappa shape index (κ1) is 13.6. The lowest BCUT2D eigenvalue weighted by atomic mass is 9.93. The van der Waals surface area contributed by atoms with E-state index >= 15 is 0 Å². The number of furan rings is 1. The number of amides is 2. The Balaban J connectivity index is 1.77. The summed E-state index contributed by atoms with van der Waals surface area (Å²) in [7, 11) is 0. The van der Waals surface area contributed by atoms with Crippen molar-refractivity contribution in [3.63, 3.8) is 0 Å². The Morgan fingerprint density at radius 2 is 1.71 bits per heavy atom. The number of benzene rings is 1. The van der Waals surface area contributed by atoms with Crippen molar-refractivity contribution in [3.05, 3.63) is 60.1 Å². The van der Waals surface area contributed by atoms with Gasteiger partial charge >= 0.3 is 0 Å². The van der Waals surface area contributed by atoms with Crippen LogP contribution in [0, 0.1) is 0 Å². The average molecular weight is 283 g/mol. The number of carbonyl (C=O) groups excluding carboxylic acids is 2. The van der Waals surface area contributed by atoms with Crippen LogP contribution in [0.3, 0.4) is 0 Å². The Morgan fingerprint density at radius 3 is 2.33 bits per heavy atom. The third-order valence-corrected chi connectivity index (χ3v) is 3.88. The monoisotopic (exact) mass is 283 g/mol. The number of imide groups is 1. The first-order chi connectivity index (χ1) is 10.3. The molecular weight excluding hydrogens is 266 g/mol. The molecule has 1 fully saturated rings. The van der Waals surface area contributed by atoms with Crippen LogP contribution in [0.2, 0.25) is 0 Å². The number of hydrogen-bond donors (Lipinski definition) is 0. The van der Waals surface area contributed by atoms with E-state index in [9.17, 15) is 9.59 Å². The highest BCUT2D eigenvalue weighted by Gasteiger charge is 2.29. The Hall–Kier alpha value is -2.36. The third kappa shape index (κ3) is 2.89. The molecule has 0 unspecified atom stereocenters. The second kappa shape index (κ2) is 5.95. The normalized spacial score (nSPS) is 16.5. The molecule has 4 heteroatoms. The van der Waals surface area contributed by atoms with E-state index in [0.29, 0.717) is 25.8 Å². The molecule has 2 aromatic rings. The molecule has 1 aromatic carbocycles. The molecule has 1 aliphatic heterocycles. The minimum Gasteiger partial charge on any atom is -0.469 e. The molecule has 0 N–H and O–H groups in total. The van der Waals surface area contributed by atoms with Crippen molar-refractivity contribution in [3.8, 4) is 0 Å². The summed E-state index contributed by atoms with van der Waals surface area (Å²) in [6, 6.07) is 13.8. The summed E-state index contributed by atoms with van der Waals surface area (Å²) in [6.07, 6.45) is 3.01. The average Bonchev–Trinajstić information content (AvgIpc) is 3.13. The number of likely N-dealkylation sites (tertiary alicyclic amines) is 1. The molecule has 0 saturated carbocycles. The van der Waals surface area contributed by atoms with Gasteiger partial charge in [0.05, 0.1) is 6.26 Å². The number of hydrogen-bond acceptors (Lipinski definition) is 3. The second-order valence-corrected chi connectivity index (χ2v) is 5.21. The summed E-state index contributed by atoms with van der Waals surface area (Å²) < 4.78 is 5.53. The van der Waals surface area contributed by atoms with Gasteiger partial charge in [0.15, 0.2) is 0 Å². The number of carbonyl (C=O) groups is 2. The summed E-state index contributed by atoms with van der Waals surface area (Å²) in [5.74, 6) is 0.792. The largest absolute Gasteiger partial charge is 0.469 e. The van der Waals surface area contributed by atoms with Gasteiger partial charge in [-0.2, -0.15) is 0 Å². The SMILES string of the molecule is O=C1CCC(=O)N1CC[C@H](c1ccccc1)c1ccco1. The van der Waals surface area contributed by atoms with Crippen molar-refractivity contribution < 1.29 is 14.0 Å². The smallest absolute Gasteiger partial charge is 0.229 e. The van der Waals surface area contributed by atoms with Crippen molar-refractivity contribution in [2.45, 2.75) is 25.2 Å². The van der Waals surface area contributed by atoms with Gasteiger partial charge < -0.3 is 4.42 Å². The maximum Gasteiger partial charge on any atom is 0.229 e. The van der Waals surface area contributed by atoms with Crippen molar-refractivity contribution >= 4 is 11.8 Å². The fourth-order valence-electron chi connectivity index (χ4n) is 2.78. The van der Waals surface area contributed by atoms with Gasteiger partial charge in [0.1, 0.15) is 5.76 Å². The molecule has 2 heterocycles. The van der Waals surface area contributed by atoms with Crippen molar-refractivity contribution in [2.75, 3.05) is 6.54 Å². The Kier molecular flexibility index (Phi) is 3.86. The fraction of sp³-hybridized carbons (Fsp3) is 0.294. The van der Waals surface area contributed by atoms with E-state index in [1.54, 1.807) is 6.26 Å². The molecule has 0 aliphatic carbocycles.